The molecule has 2 bridgehead atoms. The lowest BCUT2D eigenvalue weighted by atomic mass is 10.1. The van der Waals surface area contributed by atoms with Crippen LogP contribution in [0, 0.1) is 0 Å². The highest BCUT2D eigenvalue weighted by Gasteiger charge is 2.31. The molecular formula is C12H23N3O. The van der Waals surface area contributed by atoms with Crippen LogP contribution in [0.15, 0.2) is 0 Å². The summed E-state index contributed by atoms with van der Waals surface area (Å²) in [6, 6.07) is 1.45. The summed E-state index contributed by atoms with van der Waals surface area (Å²) in [6.07, 6.45) is 2.38. The van der Waals surface area contributed by atoms with Gasteiger partial charge in [-0.1, -0.05) is 0 Å². The van der Waals surface area contributed by atoms with Crippen molar-refractivity contribution < 1.29 is 4.74 Å². The molecule has 92 valence electrons. The van der Waals surface area contributed by atoms with Gasteiger partial charge < -0.3 is 10.1 Å². The van der Waals surface area contributed by atoms with E-state index in [0.29, 0.717) is 6.04 Å². The maximum absolute atomic E-state index is 5.38. The first-order valence-corrected chi connectivity index (χ1v) is 6.69. The van der Waals surface area contributed by atoms with Crippen molar-refractivity contribution in [2.75, 3.05) is 52.5 Å². The molecule has 4 saturated heterocycles. The Morgan fingerprint density at radius 2 is 1.81 bits per heavy atom. The van der Waals surface area contributed by atoms with E-state index in [2.05, 4.69) is 15.1 Å². The van der Waals surface area contributed by atoms with Crippen LogP contribution >= 0.6 is 0 Å². The molecule has 4 fully saturated rings. The second-order valence-corrected chi connectivity index (χ2v) is 5.29. The molecule has 1 unspecified atom stereocenters. The van der Waals surface area contributed by atoms with Crippen LogP contribution in [0.3, 0.4) is 0 Å². The first-order chi connectivity index (χ1) is 7.92. The molecule has 0 saturated carbocycles. The monoisotopic (exact) mass is 225 g/mol. The number of piperazine rings is 3. The Balaban J connectivity index is 1.44. The minimum Gasteiger partial charge on any atom is -0.381 e. The van der Waals surface area contributed by atoms with E-state index in [1.165, 1.54) is 52.1 Å². The normalized spacial score (nSPS) is 40.1. The minimum atomic E-state index is 0.699. The molecule has 16 heavy (non-hydrogen) atoms. The van der Waals surface area contributed by atoms with Crippen LogP contribution in [0.4, 0.5) is 0 Å². The van der Waals surface area contributed by atoms with Gasteiger partial charge in [-0.2, -0.15) is 0 Å². The van der Waals surface area contributed by atoms with Gasteiger partial charge in [-0.15, -0.1) is 0 Å². The van der Waals surface area contributed by atoms with Gasteiger partial charge in [-0.3, -0.25) is 9.80 Å². The van der Waals surface area contributed by atoms with Crippen molar-refractivity contribution in [3.8, 4) is 0 Å². The Hall–Kier alpha value is -0.160. The second-order valence-electron chi connectivity index (χ2n) is 5.29. The number of rotatable bonds is 3. The van der Waals surface area contributed by atoms with E-state index < -0.39 is 0 Å². The molecule has 0 radical (unpaired) electrons. The van der Waals surface area contributed by atoms with Gasteiger partial charge >= 0.3 is 0 Å². The van der Waals surface area contributed by atoms with Crippen LogP contribution in [0.1, 0.15) is 12.8 Å². The maximum atomic E-state index is 5.38. The topological polar surface area (TPSA) is 27.7 Å². The van der Waals surface area contributed by atoms with Crippen LogP contribution in [0.5, 0.6) is 0 Å². The number of nitrogens with zero attached hydrogens (tertiary/aromatic N) is 2. The summed E-state index contributed by atoms with van der Waals surface area (Å²) < 4.78 is 5.38. The smallest absolute Gasteiger partial charge is 0.0480 e. The van der Waals surface area contributed by atoms with Crippen molar-refractivity contribution in [1.82, 2.24) is 15.1 Å². The Kier molecular flexibility index (Phi) is 3.43. The van der Waals surface area contributed by atoms with E-state index >= 15 is 0 Å². The van der Waals surface area contributed by atoms with Crippen molar-refractivity contribution in [2.24, 2.45) is 0 Å². The zero-order chi connectivity index (χ0) is 10.8. The lowest BCUT2D eigenvalue weighted by molar-refractivity contribution is 0.00954. The van der Waals surface area contributed by atoms with E-state index in [0.717, 1.165) is 19.3 Å². The predicted molar refractivity (Wildman–Crippen MR) is 63.6 cm³/mol. The number of hydrogen-bond acceptors (Lipinski definition) is 4. The second kappa shape index (κ2) is 5.00. The van der Waals surface area contributed by atoms with E-state index in [9.17, 15) is 0 Å². The Morgan fingerprint density at radius 1 is 1.06 bits per heavy atom. The van der Waals surface area contributed by atoms with E-state index in [1.807, 2.05) is 0 Å². The zero-order valence-corrected chi connectivity index (χ0v) is 10.0. The van der Waals surface area contributed by atoms with Crippen molar-refractivity contribution in [3.05, 3.63) is 0 Å². The fourth-order valence-electron chi connectivity index (χ4n) is 3.12. The first kappa shape index (κ1) is 11.0. The van der Waals surface area contributed by atoms with Gasteiger partial charge in [0.05, 0.1) is 0 Å². The quantitative estimate of drug-likeness (QED) is 0.717. The van der Waals surface area contributed by atoms with Gasteiger partial charge in [-0.05, 0) is 12.8 Å². The third-order valence-electron chi connectivity index (χ3n) is 4.26. The fraction of sp³-hybridized carbons (Fsp3) is 1.00. The van der Waals surface area contributed by atoms with Gasteiger partial charge in [0.15, 0.2) is 0 Å². The standard InChI is InChI=1S/C12H23N3O/c1-7-16-8-2-11(1)13-9-12-10-14-3-5-15(12)6-4-14/h11-13H,1-10H2. The Morgan fingerprint density at radius 3 is 2.44 bits per heavy atom. The molecule has 0 amide bonds. The van der Waals surface area contributed by atoms with Crippen molar-refractivity contribution in [2.45, 2.75) is 24.9 Å². The highest BCUT2D eigenvalue weighted by atomic mass is 16.5. The van der Waals surface area contributed by atoms with Gasteiger partial charge in [0.1, 0.15) is 0 Å². The van der Waals surface area contributed by atoms with Crippen LogP contribution in [0.25, 0.3) is 0 Å². The van der Waals surface area contributed by atoms with Gasteiger partial charge in [0.2, 0.25) is 0 Å². The third kappa shape index (κ3) is 2.40. The maximum Gasteiger partial charge on any atom is 0.0480 e. The van der Waals surface area contributed by atoms with Crippen LogP contribution in [0.2, 0.25) is 0 Å². The van der Waals surface area contributed by atoms with E-state index in [4.69, 9.17) is 4.74 Å². The summed E-state index contributed by atoms with van der Waals surface area (Å²) >= 11 is 0. The largest absolute Gasteiger partial charge is 0.381 e. The lowest BCUT2D eigenvalue weighted by Crippen LogP contribution is -2.63. The fourth-order valence-corrected chi connectivity index (χ4v) is 3.12. The number of nitrogens with one attached hydrogen (secondary N) is 1. The molecule has 1 N–H and O–H groups in total. The van der Waals surface area contributed by atoms with Crippen LogP contribution in [-0.2, 0) is 4.74 Å². The molecule has 0 aromatic carbocycles. The molecule has 4 nitrogen and oxygen atoms in total. The number of ether oxygens (including phenoxy) is 1. The third-order valence-corrected chi connectivity index (χ3v) is 4.26. The van der Waals surface area contributed by atoms with Crippen LogP contribution in [-0.4, -0.2) is 74.4 Å². The molecule has 4 heterocycles. The summed E-state index contributed by atoms with van der Waals surface area (Å²) in [7, 11) is 0. The van der Waals surface area contributed by atoms with Crippen molar-refractivity contribution in [3.63, 3.8) is 0 Å². The molecule has 4 aliphatic heterocycles. The molecule has 4 rings (SSSR count). The lowest BCUT2D eigenvalue weighted by Gasteiger charge is -2.48. The first-order valence-electron chi connectivity index (χ1n) is 6.69. The van der Waals surface area contributed by atoms with Crippen molar-refractivity contribution in [1.29, 1.82) is 0 Å². The predicted octanol–water partition coefficient (Wildman–Crippen LogP) is -0.245. The molecule has 0 aromatic rings. The van der Waals surface area contributed by atoms with Gasteiger partial charge in [-0.25, -0.2) is 0 Å². The summed E-state index contributed by atoms with van der Waals surface area (Å²) in [6.45, 7) is 9.45. The highest BCUT2D eigenvalue weighted by Crippen LogP contribution is 2.15. The highest BCUT2D eigenvalue weighted by molar-refractivity contribution is 4.89. The van der Waals surface area contributed by atoms with E-state index in [-0.39, 0.29) is 0 Å². The Bertz CT molecular complexity index is 222. The van der Waals surface area contributed by atoms with Crippen molar-refractivity contribution >= 4 is 0 Å². The van der Waals surface area contributed by atoms with E-state index in [1.54, 1.807) is 0 Å². The molecule has 1 atom stereocenters. The number of fused-ring (bicyclic) bond motifs is 3. The molecular weight excluding hydrogens is 202 g/mol. The average molecular weight is 225 g/mol. The molecule has 0 spiro atoms. The van der Waals surface area contributed by atoms with Gasteiger partial charge in [0.25, 0.3) is 0 Å². The Labute approximate surface area is 97.9 Å². The summed E-state index contributed by atoms with van der Waals surface area (Å²) in [5.41, 5.74) is 0. The summed E-state index contributed by atoms with van der Waals surface area (Å²) in [5, 5.41) is 3.73. The summed E-state index contributed by atoms with van der Waals surface area (Å²) in [5.74, 6) is 0. The zero-order valence-electron chi connectivity index (χ0n) is 10.0. The molecule has 4 heteroatoms. The molecule has 0 aliphatic carbocycles. The SMILES string of the molecule is C1CC(NCC2CN3CCN2CC3)CCO1. The molecule has 0 aromatic heterocycles. The molecule has 4 aliphatic rings. The van der Waals surface area contributed by atoms with Gasteiger partial charge in [0, 0.05) is 64.6 Å². The number of hydrogen-bond donors (Lipinski definition) is 1. The van der Waals surface area contributed by atoms with Crippen LogP contribution < -0.4 is 5.32 Å². The minimum absolute atomic E-state index is 0.699. The summed E-state index contributed by atoms with van der Waals surface area (Å²) in [4.78, 5) is 5.27. The average Bonchev–Trinajstić information content (AvgIpc) is 2.39.